The van der Waals surface area contributed by atoms with Crippen molar-refractivity contribution in [3.8, 4) is 0 Å². The summed E-state index contributed by atoms with van der Waals surface area (Å²) in [6, 6.07) is 0. The molecule has 0 fully saturated rings. The van der Waals surface area contributed by atoms with Crippen molar-refractivity contribution in [3.63, 3.8) is 0 Å². The highest BCUT2D eigenvalue weighted by molar-refractivity contribution is 8.01. The zero-order valence-electron chi connectivity index (χ0n) is 7.78. The highest BCUT2D eigenvalue weighted by Gasteiger charge is 2.14. The van der Waals surface area contributed by atoms with E-state index in [1.54, 1.807) is 11.8 Å². The smallest absolute Gasteiger partial charge is 0.150 e. The number of thioether (sulfide) groups is 1. The first-order valence-electron chi connectivity index (χ1n) is 4.17. The zero-order chi connectivity index (χ0) is 9.84. The van der Waals surface area contributed by atoms with Crippen molar-refractivity contribution in [1.29, 1.82) is 0 Å². The lowest BCUT2D eigenvalue weighted by atomic mass is 10.2. The molecule has 13 heavy (non-hydrogen) atoms. The highest BCUT2D eigenvalue weighted by atomic mass is 32.2. The number of thiazole rings is 1. The molecule has 1 atom stereocenters. The van der Waals surface area contributed by atoms with Crippen LogP contribution in [-0.2, 0) is 0 Å². The predicted molar refractivity (Wildman–Crippen MR) is 57.3 cm³/mol. The van der Waals surface area contributed by atoms with E-state index >= 15 is 0 Å². The van der Waals surface area contributed by atoms with Gasteiger partial charge in [-0.2, -0.15) is 0 Å². The third kappa shape index (κ3) is 2.67. The van der Waals surface area contributed by atoms with Crippen molar-refractivity contribution in [3.05, 3.63) is 10.6 Å². The second-order valence-electron chi connectivity index (χ2n) is 2.61. The maximum atomic E-state index is 9.53. The molecule has 0 amide bonds. The minimum Gasteiger partial charge on any atom is -0.386 e. The summed E-state index contributed by atoms with van der Waals surface area (Å²) in [5.41, 5.74) is 6.28. The van der Waals surface area contributed by atoms with Crippen LogP contribution in [0, 0.1) is 6.92 Å². The molecule has 1 aromatic heterocycles. The summed E-state index contributed by atoms with van der Waals surface area (Å²) in [5, 5.41) is 9.53. The van der Waals surface area contributed by atoms with E-state index < -0.39 is 6.10 Å². The lowest BCUT2D eigenvalue weighted by Gasteiger charge is -2.03. The molecule has 1 unspecified atom stereocenters. The van der Waals surface area contributed by atoms with Gasteiger partial charge in [0.25, 0.3) is 0 Å². The molecule has 1 rings (SSSR count). The van der Waals surface area contributed by atoms with Gasteiger partial charge in [0.15, 0.2) is 0 Å². The summed E-state index contributed by atoms with van der Waals surface area (Å²) in [6.45, 7) is 4.25. The number of hydrogen-bond donors (Lipinski definition) is 2. The first-order valence-corrected chi connectivity index (χ1v) is 5.97. The van der Waals surface area contributed by atoms with E-state index in [1.807, 2.05) is 6.92 Å². The third-order valence-electron chi connectivity index (χ3n) is 1.61. The average molecular weight is 218 g/mol. The normalized spacial score (nSPS) is 13.2. The largest absolute Gasteiger partial charge is 0.386 e. The van der Waals surface area contributed by atoms with Crippen molar-refractivity contribution < 1.29 is 5.11 Å². The van der Waals surface area contributed by atoms with Crippen molar-refractivity contribution in [2.24, 2.45) is 5.73 Å². The van der Waals surface area contributed by atoms with Crippen molar-refractivity contribution >= 4 is 23.1 Å². The first-order chi connectivity index (χ1) is 6.19. The number of hydrogen-bond acceptors (Lipinski definition) is 5. The van der Waals surface area contributed by atoms with Crippen LogP contribution in [0.25, 0.3) is 0 Å². The van der Waals surface area contributed by atoms with Gasteiger partial charge in [-0.05, 0) is 12.7 Å². The molecule has 1 heterocycles. The Morgan fingerprint density at radius 1 is 1.69 bits per heavy atom. The van der Waals surface area contributed by atoms with Gasteiger partial charge in [0.1, 0.15) is 10.4 Å². The Kier molecular flexibility index (Phi) is 4.18. The van der Waals surface area contributed by atoms with Gasteiger partial charge < -0.3 is 10.8 Å². The quantitative estimate of drug-likeness (QED) is 0.753. The van der Waals surface area contributed by atoms with Gasteiger partial charge in [-0.1, -0.05) is 18.7 Å². The molecule has 74 valence electrons. The van der Waals surface area contributed by atoms with Gasteiger partial charge in [-0.15, -0.1) is 11.3 Å². The Hall–Kier alpha value is -0.100. The molecule has 1 aromatic rings. The number of nitrogens with two attached hydrogens (primary N) is 1. The average Bonchev–Trinajstić information content (AvgIpc) is 2.46. The van der Waals surface area contributed by atoms with Crippen LogP contribution < -0.4 is 5.73 Å². The summed E-state index contributed by atoms with van der Waals surface area (Å²) in [5.74, 6) is 1.01. The monoisotopic (exact) mass is 218 g/mol. The molecule has 0 aromatic carbocycles. The van der Waals surface area contributed by atoms with E-state index in [9.17, 15) is 5.11 Å². The Morgan fingerprint density at radius 2 is 2.38 bits per heavy atom. The van der Waals surface area contributed by atoms with E-state index in [2.05, 4.69) is 11.9 Å². The first kappa shape index (κ1) is 11.0. The summed E-state index contributed by atoms with van der Waals surface area (Å²) in [7, 11) is 0. The molecule has 0 aliphatic rings. The van der Waals surface area contributed by atoms with Crippen LogP contribution in [0.2, 0.25) is 0 Å². The summed E-state index contributed by atoms with van der Waals surface area (Å²) in [4.78, 5) is 5.24. The Morgan fingerprint density at radius 3 is 2.92 bits per heavy atom. The van der Waals surface area contributed by atoms with Crippen LogP contribution in [0.5, 0.6) is 0 Å². The van der Waals surface area contributed by atoms with Gasteiger partial charge >= 0.3 is 0 Å². The van der Waals surface area contributed by atoms with Crippen molar-refractivity contribution in [2.75, 3.05) is 12.3 Å². The second-order valence-corrected chi connectivity index (χ2v) is 5.16. The van der Waals surface area contributed by atoms with Crippen LogP contribution in [0.4, 0.5) is 0 Å². The SMILES string of the molecule is CCSc1nc(C)c(C(O)CN)s1. The van der Waals surface area contributed by atoms with Crippen LogP contribution >= 0.6 is 23.1 Å². The fourth-order valence-corrected chi connectivity index (χ4v) is 3.09. The fraction of sp³-hybridized carbons (Fsp3) is 0.625. The van der Waals surface area contributed by atoms with Crippen LogP contribution in [0.15, 0.2) is 4.34 Å². The molecule has 0 saturated carbocycles. The van der Waals surface area contributed by atoms with Crippen molar-refractivity contribution in [2.45, 2.75) is 24.3 Å². The van der Waals surface area contributed by atoms with E-state index in [0.29, 0.717) is 0 Å². The second kappa shape index (κ2) is 4.95. The molecule has 3 N–H and O–H groups in total. The molecular formula is C8H14N2OS2. The van der Waals surface area contributed by atoms with Crippen LogP contribution in [-0.4, -0.2) is 22.4 Å². The maximum absolute atomic E-state index is 9.53. The predicted octanol–water partition coefficient (Wildman–Crippen LogP) is 1.56. The third-order valence-corrected chi connectivity index (χ3v) is 3.89. The minimum atomic E-state index is -0.552. The number of aromatic nitrogens is 1. The number of aliphatic hydroxyl groups excluding tert-OH is 1. The Balaban J connectivity index is 2.82. The summed E-state index contributed by atoms with van der Waals surface area (Å²) in [6.07, 6.45) is -0.552. The topological polar surface area (TPSA) is 59.1 Å². The number of nitrogens with zero attached hydrogens (tertiary/aromatic N) is 1. The highest BCUT2D eigenvalue weighted by Crippen LogP contribution is 2.30. The molecule has 0 aliphatic heterocycles. The molecule has 0 spiro atoms. The van der Waals surface area contributed by atoms with E-state index in [-0.39, 0.29) is 6.54 Å². The van der Waals surface area contributed by atoms with E-state index in [1.165, 1.54) is 11.3 Å². The summed E-state index contributed by atoms with van der Waals surface area (Å²) < 4.78 is 1.02. The standard InChI is InChI=1S/C8H14N2OS2/c1-3-12-8-10-5(2)7(13-8)6(11)4-9/h6,11H,3-4,9H2,1-2H3. The van der Waals surface area contributed by atoms with Gasteiger partial charge in [0.05, 0.1) is 10.6 Å². The minimum absolute atomic E-state index is 0.263. The molecule has 0 aliphatic carbocycles. The van der Waals surface area contributed by atoms with E-state index in [4.69, 9.17) is 5.73 Å². The van der Waals surface area contributed by atoms with Gasteiger partial charge in [0.2, 0.25) is 0 Å². The van der Waals surface area contributed by atoms with E-state index in [0.717, 1.165) is 20.7 Å². The van der Waals surface area contributed by atoms with Gasteiger partial charge in [-0.3, -0.25) is 0 Å². The van der Waals surface area contributed by atoms with Crippen molar-refractivity contribution in [1.82, 2.24) is 4.98 Å². The lowest BCUT2D eigenvalue weighted by molar-refractivity contribution is 0.189. The molecule has 0 radical (unpaired) electrons. The maximum Gasteiger partial charge on any atom is 0.150 e. The molecule has 0 bridgehead atoms. The van der Waals surface area contributed by atoms with Crippen LogP contribution in [0.3, 0.4) is 0 Å². The molecule has 5 heteroatoms. The Bertz CT molecular complexity index is 275. The fourth-order valence-electron chi connectivity index (χ4n) is 0.984. The Labute approximate surface area is 86.4 Å². The van der Waals surface area contributed by atoms with Crippen LogP contribution in [0.1, 0.15) is 23.6 Å². The summed E-state index contributed by atoms with van der Waals surface area (Å²) >= 11 is 3.23. The number of aliphatic hydroxyl groups is 1. The number of rotatable bonds is 4. The zero-order valence-corrected chi connectivity index (χ0v) is 9.41. The van der Waals surface area contributed by atoms with Gasteiger partial charge in [0, 0.05) is 6.54 Å². The number of aryl methyl sites for hydroxylation is 1. The molecule has 3 nitrogen and oxygen atoms in total. The lowest BCUT2D eigenvalue weighted by Crippen LogP contribution is -2.10. The van der Waals surface area contributed by atoms with Gasteiger partial charge in [-0.25, -0.2) is 4.98 Å². The molecular weight excluding hydrogens is 204 g/mol. The molecule has 0 saturated heterocycles.